The van der Waals surface area contributed by atoms with E-state index in [9.17, 15) is 19.2 Å². The number of thiocarbonyl (C=S) groups is 1. The molecule has 2 N–H and O–H groups in total. The molecule has 192 valence electrons. The molecule has 2 fully saturated rings. The van der Waals surface area contributed by atoms with Gasteiger partial charge in [-0.15, -0.1) is 0 Å². The van der Waals surface area contributed by atoms with Gasteiger partial charge in [-0.25, -0.2) is 5.01 Å². The zero-order valence-corrected chi connectivity index (χ0v) is 20.7. The van der Waals surface area contributed by atoms with Gasteiger partial charge < -0.3 is 33.9 Å². The Morgan fingerprint density at radius 2 is 1.38 bits per heavy atom. The largest absolute Gasteiger partial charge is 0.463 e. The summed E-state index contributed by atoms with van der Waals surface area (Å²) in [5, 5.41) is 5.01. The molecule has 0 saturated carbocycles. The highest BCUT2D eigenvalue weighted by molar-refractivity contribution is 7.80. The minimum Gasteiger partial charge on any atom is -0.463 e. The molecule has 0 bridgehead atoms. The molecule has 0 amide bonds. The molecule has 14 heteroatoms. The van der Waals surface area contributed by atoms with Gasteiger partial charge in [-0.2, -0.15) is 0 Å². The predicted molar refractivity (Wildman–Crippen MR) is 120 cm³/mol. The van der Waals surface area contributed by atoms with E-state index in [1.54, 1.807) is 0 Å². The van der Waals surface area contributed by atoms with Crippen LogP contribution in [0, 0.1) is 0 Å². The molecule has 34 heavy (non-hydrogen) atoms. The average molecular weight is 505 g/mol. The van der Waals surface area contributed by atoms with Crippen molar-refractivity contribution in [1.82, 2.24) is 20.7 Å². The lowest BCUT2D eigenvalue weighted by Gasteiger charge is -2.45. The van der Waals surface area contributed by atoms with E-state index in [1.807, 2.05) is 12.1 Å². The van der Waals surface area contributed by atoms with Crippen molar-refractivity contribution >= 4 is 41.2 Å². The quantitative estimate of drug-likeness (QED) is 0.240. The number of hydrazine groups is 1. The summed E-state index contributed by atoms with van der Waals surface area (Å²) >= 11 is 5.41. The van der Waals surface area contributed by atoms with Crippen LogP contribution in [0.25, 0.3) is 0 Å². The van der Waals surface area contributed by atoms with Gasteiger partial charge in [0.15, 0.2) is 29.7 Å². The number of hydrogen-bond donors (Lipinski definition) is 2. The van der Waals surface area contributed by atoms with E-state index in [4.69, 9.17) is 35.9 Å². The second-order valence-electron chi connectivity index (χ2n) is 8.00. The number of carbonyl (C=O) groups excluding carboxylic acids is 4. The number of rotatable bonds is 7. The molecule has 2 rings (SSSR count). The lowest BCUT2D eigenvalue weighted by Crippen LogP contribution is -2.67. The van der Waals surface area contributed by atoms with Crippen LogP contribution >= 0.6 is 12.2 Å². The van der Waals surface area contributed by atoms with E-state index >= 15 is 0 Å². The molecule has 0 aromatic heterocycles. The summed E-state index contributed by atoms with van der Waals surface area (Å²) in [6, 6.07) is 0. The van der Waals surface area contributed by atoms with Crippen LogP contribution in [-0.2, 0) is 42.9 Å². The second kappa shape index (κ2) is 12.8. The number of esters is 4. The van der Waals surface area contributed by atoms with E-state index in [0.29, 0.717) is 0 Å². The van der Waals surface area contributed by atoms with Gasteiger partial charge in [0.1, 0.15) is 12.7 Å². The standard InChI is InChI=1S/C20H32N4O9S/c1-11(25)29-10-15-16(30-12(2)26)17(31-13(3)27)18(32-14(4)28)19(33-15)21-20(34)22-24-8-6-23(5)7-9-24/h15-19H,6-10H2,1-5H3,(H2,21,22,34)/t15-,16-,17-,18+,19-/m0/s1. The van der Waals surface area contributed by atoms with Crippen LogP contribution < -0.4 is 10.7 Å². The average Bonchev–Trinajstić information content (AvgIpc) is 2.71. The fourth-order valence-corrected chi connectivity index (χ4v) is 3.81. The van der Waals surface area contributed by atoms with Gasteiger partial charge in [-0.3, -0.25) is 24.6 Å². The highest BCUT2D eigenvalue weighted by Gasteiger charge is 2.52. The number of nitrogens with one attached hydrogen (secondary N) is 2. The smallest absolute Gasteiger partial charge is 0.303 e. The number of piperazine rings is 1. The molecule has 2 aliphatic heterocycles. The highest BCUT2D eigenvalue weighted by Crippen LogP contribution is 2.28. The van der Waals surface area contributed by atoms with Crippen molar-refractivity contribution < 1.29 is 42.9 Å². The van der Waals surface area contributed by atoms with Crippen molar-refractivity contribution in [2.24, 2.45) is 0 Å². The van der Waals surface area contributed by atoms with E-state index in [0.717, 1.165) is 40.0 Å². The Balaban J connectivity index is 2.27. The fraction of sp³-hybridized carbons (Fsp3) is 0.750. The maximum atomic E-state index is 11.9. The van der Waals surface area contributed by atoms with Crippen LogP contribution in [0.1, 0.15) is 27.7 Å². The fourth-order valence-electron chi connectivity index (χ4n) is 3.57. The number of ether oxygens (including phenoxy) is 5. The van der Waals surface area contributed by atoms with Gasteiger partial charge in [0.05, 0.1) is 0 Å². The van der Waals surface area contributed by atoms with Crippen molar-refractivity contribution in [1.29, 1.82) is 0 Å². The monoisotopic (exact) mass is 504 g/mol. The summed E-state index contributed by atoms with van der Waals surface area (Å²) < 4.78 is 27.1. The summed E-state index contributed by atoms with van der Waals surface area (Å²) in [5.74, 6) is -2.67. The minimum atomic E-state index is -1.26. The molecule has 2 aliphatic rings. The first-order valence-corrected chi connectivity index (χ1v) is 11.2. The van der Waals surface area contributed by atoms with Crippen LogP contribution in [0.4, 0.5) is 0 Å². The number of nitrogens with zero attached hydrogens (tertiary/aromatic N) is 2. The van der Waals surface area contributed by atoms with E-state index in [-0.39, 0.29) is 11.7 Å². The number of hydrogen-bond acceptors (Lipinski definition) is 12. The van der Waals surface area contributed by atoms with Crippen LogP contribution in [0.5, 0.6) is 0 Å². The molecule has 5 atom stereocenters. The second-order valence-corrected chi connectivity index (χ2v) is 8.40. The van der Waals surface area contributed by atoms with Gasteiger partial charge in [0.2, 0.25) is 0 Å². The third-order valence-electron chi connectivity index (χ3n) is 5.03. The van der Waals surface area contributed by atoms with Gasteiger partial charge in [-0.05, 0) is 19.3 Å². The topological polar surface area (TPSA) is 145 Å². The molecule has 13 nitrogen and oxygen atoms in total. The van der Waals surface area contributed by atoms with Crippen molar-refractivity contribution in [3.63, 3.8) is 0 Å². The van der Waals surface area contributed by atoms with Crippen LogP contribution in [-0.4, -0.2) is 109 Å². The van der Waals surface area contributed by atoms with Crippen molar-refractivity contribution in [2.75, 3.05) is 39.8 Å². The van der Waals surface area contributed by atoms with E-state index in [1.165, 1.54) is 13.8 Å². The maximum Gasteiger partial charge on any atom is 0.303 e. The number of likely N-dealkylation sites (N-methyl/N-ethyl adjacent to an activating group) is 1. The van der Waals surface area contributed by atoms with Crippen LogP contribution in [0.15, 0.2) is 0 Å². The molecule has 0 aliphatic carbocycles. The zero-order valence-electron chi connectivity index (χ0n) is 19.9. The molecule has 2 heterocycles. The van der Waals surface area contributed by atoms with Crippen LogP contribution in [0.2, 0.25) is 0 Å². The third-order valence-corrected chi connectivity index (χ3v) is 5.24. The first kappa shape index (κ1) is 27.7. The molecule has 0 aromatic rings. The van der Waals surface area contributed by atoms with Crippen molar-refractivity contribution in [2.45, 2.75) is 58.3 Å². The van der Waals surface area contributed by atoms with E-state index in [2.05, 4.69) is 15.6 Å². The lowest BCUT2D eigenvalue weighted by molar-refractivity contribution is -0.255. The van der Waals surface area contributed by atoms with Crippen molar-refractivity contribution in [3.8, 4) is 0 Å². The molecule has 0 spiro atoms. The predicted octanol–water partition coefficient (Wildman–Crippen LogP) is -1.30. The molecule has 0 radical (unpaired) electrons. The summed E-state index contributed by atoms with van der Waals surface area (Å²) in [4.78, 5) is 49.1. The van der Waals surface area contributed by atoms with Gasteiger partial charge >= 0.3 is 23.9 Å². The Morgan fingerprint density at radius 3 is 1.91 bits per heavy atom. The molecular formula is C20H32N4O9S. The molecule has 2 saturated heterocycles. The Morgan fingerprint density at radius 1 is 0.853 bits per heavy atom. The highest BCUT2D eigenvalue weighted by atomic mass is 32.1. The number of carbonyl (C=O) groups is 4. The summed E-state index contributed by atoms with van der Waals surface area (Å²) in [6.45, 7) is 7.52. The molecular weight excluding hydrogens is 472 g/mol. The molecule has 0 aromatic carbocycles. The van der Waals surface area contributed by atoms with Gasteiger partial charge in [-0.1, -0.05) is 0 Å². The zero-order chi connectivity index (χ0) is 25.4. The summed E-state index contributed by atoms with van der Waals surface area (Å²) in [7, 11) is 2.02. The van der Waals surface area contributed by atoms with Gasteiger partial charge in [0, 0.05) is 53.9 Å². The Kier molecular flexibility index (Phi) is 10.4. The first-order valence-electron chi connectivity index (χ1n) is 10.8. The van der Waals surface area contributed by atoms with Gasteiger partial charge in [0.25, 0.3) is 0 Å². The Hall–Kier alpha value is -2.55. The van der Waals surface area contributed by atoms with E-state index < -0.39 is 54.5 Å². The summed E-state index contributed by atoms with van der Waals surface area (Å²) in [5.41, 5.74) is 3.05. The minimum absolute atomic E-state index is 0.172. The van der Waals surface area contributed by atoms with Crippen LogP contribution in [0.3, 0.4) is 0 Å². The third kappa shape index (κ3) is 8.66. The first-order chi connectivity index (χ1) is 16.0. The maximum absolute atomic E-state index is 11.9. The lowest BCUT2D eigenvalue weighted by atomic mass is 9.97. The normalized spacial score (nSPS) is 27.7. The summed E-state index contributed by atoms with van der Waals surface area (Å²) in [6.07, 6.45) is -5.88. The Bertz CT molecular complexity index is 775. The SMILES string of the molecule is CC(=O)OC[C@@H]1O[C@H](NC(=S)NN2CCN(C)CC2)[C@H](OC(C)=O)[C@@H](OC(C)=O)[C@H]1OC(C)=O. The molecule has 0 unspecified atom stereocenters. The Labute approximate surface area is 203 Å². The van der Waals surface area contributed by atoms with Crippen molar-refractivity contribution in [3.05, 3.63) is 0 Å².